The number of amides is 2. The van der Waals surface area contributed by atoms with E-state index < -0.39 is 28.9 Å². The number of hydrogen-bond acceptors (Lipinski definition) is 7. The van der Waals surface area contributed by atoms with Gasteiger partial charge in [-0.1, -0.05) is 13.8 Å². The number of carbonyl (C=O) groups excluding carboxylic acids is 2. The molecule has 2 aliphatic rings. The van der Waals surface area contributed by atoms with E-state index in [0.717, 1.165) is 6.07 Å². The number of aromatic nitrogens is 1. The van der Waals surface area contributed by atoms with Gasteiger partial charge in [-0.3, -0.25) is 14.6 Å². The number of anilines is 2. The van der Waals surface area contributed by atoms with Gasteiger partial charge in [0.2, 0.25) is 17.6 Å². The summed E-state index contributed by atoms with van der Waals surface area (Å²) in [7, 11) is 0. The van der Waals surface area contributed by atoms with Gasteiger partial charge < -0.3 is 29.6 Å². The largest absolute Gasteiger partial charge is 0.489 e. The van der Waals surface area contributed by atoms with Crippen LogP contribution in [0.2, 0.25) is 0 Å². The van der Waals surface area contributed by atoms with Crippen LogP contribution in [0.4, 0.5) is 20.2 Å². The third kappa shape index (κ3) is 5.75. The molecule has 2 amide bonds. The summed E-state index contributed by atoms with van der Waals surface area (Å²) in [4.78, 5) is 30.3. The number of rotatable bonds is 9. The molecule has 0 saturated heterocycles. The molecule has 0 bridgehead atoms. The van der Waals surface area contributed by atoms with Crippen LogP contribution >= 0.6 is 0 Å². The van der Waals surface area contributed by atoms with Crippen molar-refractivity contribution in [2.45, 2.75) is 26.7 Å². The second-order valence-electron chi connectivity index (χ2n) is 10.9. The van der Waals surface area contributed by atoms with Gasteiger partial charge >= 0.3 is 0 Å². The van der Waals surface area contributed by atoms with Gasteiger partial charge in [0.1, 0.15) is 30.2 Å². The van der Waals surface area contributed by atoms with E-state index in [0.29, 0.717) is 78.2 Å². The van der Waals surface area contributed by atoms with E-state index in [9.17, 15) is 14.0 Å². The van der Waals surface area contributed by atoms with Crippen molar-refractivity contribution < 1.29 is 37.3 Å². The van der Waals surface area contributed by atoms with Crippen LogP contribution in [-0.4, -0.2) is 36.6 Å². The molecule has 0 spiro atoms. The summed E-state index contributed by atoms with van der Waals surface area (Å²) in [6, 6.07) is 12.6. The number of nitrogens with one attached hydrogen (secondary N) is 2. The molecule has 0 atom stereocenters. The summed E-state index contributed by atoms with van der Waals surface area (Å²) in [6.07, 6.45) is 2.22. The first-order valence-electron chi connectivity index (χ1n) is 13.9. The summed E-state index contributed by atoms with van der Waals surface area (Å²) >= 11 is 0. The van der Waals surface area contributed by atoms with Crippen LogP contribution in [0.25, 0.3) is 10.9 Å². The maximum Gasteiger partial charge on any atom is 0.240 e. The van der Waals surface area contributed by atoms with E-state index in [-0.39, 0.29) is 11.4 Å². The summed E-state index contributed by atoms with van der Waals surface area (Å²) < 4.78 is 52.2. The molecule has 3 aromatic carbocycles. The summed E-state index contributed by atoms with van der Waals surface area (Å²) in [5, 5.41) is 5.79. The molecule has 6 rings (SSSR count). The van der Waals surface area contributed by atoms with Crippen molar-refractivity contribution in [1.29, 1.82) is 0 Å². The number of carbonyl (C=O) groups is 2. The van der Waals surface area contributed by atoms with Crippen LogP contribution in [0.5, 0.6) is 28.7 Å². The number of pyridine rings is 1. The average molecular weight is 590 g/mol. The zero-order chi connectivity index (χ0) is 30.1. The fourth-order valence-corrected chi connectivity index (χ4v) is 4.72. The van der Waals surface area contributed by atoms with Crippen molar-refractivity contribution in [3.05, 3.63) is 72.4 Å². The molecule has 2 heterocycles. The molecule has 1 aliphatic heterocycles. The minimum absolute atomic E-state index is 0.0914. The third-order valence-electron chi connectivity index (χ3n) is 7.15. The molecule has 0 radical (unpaired) electrons. The Morgan fingerprint density at radius 3 is 2.23 bits per heavy atom. The molecule has 9 nitrogen and oxygen atoms in total. The molecule has 11 heteroatoms. The molecule has 2 N–H and O–H groups in total. The highest BCUT2D eigenvalue weighted by Gasteiger charge is 2.56. The lowest BCUT2D eigenvalue weighted by atomic mass is 10.0. The molecule has 222 valence electrons. The minimum atomic E-state index is -1.28. The van der Waals surface area contributed by atoms with Gasteiger partial charge in [0, 0.05) is 29.7 Å². The number of ether oxygens (including phenoxy) is 4. The van der Waals surface area contributed by atoms with Crippen LogP contribution < -0.4 is 29.6 Å². The predicted octanol–water partition coefficient (Wildman–Crippen LogP) is 6.47. The first kappa shape index (κ1) is 28.2. The van der Waals surface area contributed by atoms with E-state index in [2.05, 4.69) is 15.6 Å². The van der Waals surface area contributed by atoms with Crippen molar-refractivity contribution in [2.75, 3.05) is 30.5 Å². The van der Waals surface area contributed by atoms with Gasteiger partial charge in [-0.2, -0.15) is 0 Å². The van der Waals surface area contributed by atoms with Crippen molar-refractivity contribution >= 4 is 34.1 Å². The van der Waals surface area contributed by atoms with E-state index in [1.54, 1.807) is 18.3 Å². The van der Waals surface area contributed by atoms with Gasteiger partial charge in [-0.15, -0.1) is 0 Å². The first-order chi connectivity index (χ1) is 20.7. The summed E-state index contributed by atoms with van der Waals surface area (Å²) in [6.45, 7) is 5.22. The second kappa shape index (κ2) is 11.4. The Labute approximate surface area is 246 Å². The van der Waals surface area contributed by atoms with Crippen LogP contribution in [0.15, 0.2) is 60.8 Å². The van der Waals surface area contributed by atoms with Crippen molar-refractivity contribution in [3.63, 3.8) is 0 Å². The van der Waals surface area contributed by atoms with Gasteiger partial charge in [0.15, 0.2) is 23.1 Å². The molecule has 1 saturated carbocycles. The molecule has 0 unspecified atom stereocenters. The van der Waals surface area contributed by atoms with Crippen molar-refractivity contribution in [2.24, 2.45) is 11.3 Å². The fraction of sp³-hybridized carbons (Fsp3) is 0.281. The smallest absolute Gasteiger partial charge is 0.240 e. The van der Waals surface area contributed by atoms with Gasteiger partial charge in [0.05, 0.1) is 17.5 Å². The number of halogens is 2. The normalized spacial score (nSPS) is 14.7. The molecular weight excluding hydrogens is 560 g/mol. The molecule has 1 aliphatic carbocycles. The Morgan fingerprint density at radius 1 is 0.884 bits per heavy atom. The number of hydrogen-bond donors (Lipinski definition) is 2. The van der Waals surface area contributed by atoms with E-state index in [1.165, 1.54) is 36.4 Å². The van der Waals surface area contributed by atoms with Crippen molar-refractivity contribution in [1.82, 2.24) is 4.98 Å². The average Bonchev–Trinajstić information content (AvgIpc) is 3.81. The zero-order valence-corrected chi connectivity index (χ0v) is 23.5. The second-order valence-corrected chi connectivity index (χ2v) is 10.9. The maximum atomic E-state index is 15.3. The van der Waals surface area contributed by atoms with E-state index in [1.807, 2.05) is 13.8 Å². The third-order valence-corrected chi connectivity index (χ3v) is 7.15. The summed E-state index contributed by atoms with van der Waals surface area (Å²) in [5.41, 5.74) is -0.219. The quantitative estimate of drug-likeness (QED) is 0.216. The first-order valence-corrected chi connectivity index (χ1v) is 13.9. The van der Waals surface area contributed by atoms with E-state index in [4.69, 9.17) is 18.9 Å². The molecule has 43 heavy (non-hydrogen) atoms. The highest BCUT2D eigenvalue weighted by atomic mass is 19.1. The van der Waals surface area contributed by atoms with Gasteiger partial charge in [-0.25, -0.2) is 8.78 Å². The Balaban J connectivity index is 1.20. The standard InChI is InChI=1S/C32H29F2N3O6/c1-18(2)17-42-26-16-23-27(29-28(26)40-13-14-41-29)25(9-12-35-23)43-24-8-7-21(15-22(24)34)37-31(39)32(10-11-32)30(38)36-20-5-3-19(33)4-6-20/h3-9,12,15-16,18H,10-11,13-14,17H2,1-2H3,(H,36,38)(H,37,39). The SMILES string of the molecule is CC(C)COc1cc2nccc(Oc3ccc(NC(=O)C4(C(=O)Nc5ccc(F)cc5)CC4)cc3F)c2c2c1OCCO2. The van der Waals surface area contributed by atoms with Crippen LogP contribution in [0.1, 0.15) is 26.7 Å². The highest BCUT2D eigenvalue weighted by molar-refractivity contribution is 6.16. The Hall–Kier alpha value is -4.93. The monoisotopic (exact) mass is 589 g/mol. The molecule has 1 fully saturated rings. The molecule has 1 aromatic heterocycles. The van der Waals surface area contributed by atoms with Crippen LogP contribution in [0.3, 0.4) is 0 Å². The Bertz CT molecular complexity index is 1710. The summed E-state index contributed by atoms with van der Waals surface area (Å²) in [5.74, 6) is -0.379. The Morgan fingerprint density at radius 2 is 1.56 bits per heavy atom. The fourth-order valence-electron chi connectivity index (χ4n) is 4.72. The maximum absolute atomic E-state index is 15.3. The molecular formula is C32H29F2N3O6. The van der Waals surface area contributed by atoms with Crippen LogP contribution in [0, 0.1) is 23.0 Å². The van der Waals surface area contributed by atoms with Crippen molar-refractivity contribution in [3.8, 4) is 28.7 Å². The number of fused-ring (bicyclic) bond motifs is 3. The van der Waals surface area contributed by atoms with Gasteiger partial charge in [-0.05, 0) is 61.2 Å². The minimum Gasteiger partial charge on any atom is -0.489 e. The lowest BCUT2D eigenvalue weighted by Crippen LogP contribution is -2.35. The lowest BCUT2D eigenvalue weighted by Gasteiger charge is -2.24. The Kier molecular flexibility index (Phi) is 7.47. The lowest BCUT2D eigenvalue weighted by molar-refractivity contribution is -0.131. The van der Waals surface area contributed by atoms with Crippen LogP contribution in [-0.2, 0) is 9.59 Å². The van der Waals surface area contributed by atoms with Gasteiger partial charge in [0.25, 0.3) is 0 Å². The zero-order valence-electron chi connectivity index (χ0n) is 23.5. The van der Waals surface area contributed by atoms with E-state index >= 15 is 4.39 Å². The highest BCUT2D eigenvalue weighted by Crippen LogP contribution is 2.49. The number of nitrogens with zero attached hydrogens (tertiary/aromatic N) is 1. The molecule has 4 aromatic rings. The predicted molar refractivity (Wildman–Crippen MR) is 155 cm³/mol. The number of benzene rings is 3. The topological polar surface area (TPSA) is 108 Å².